The first-order valence-corrected chi connectivity index (χ1v) is 10.5. The summed E-state index contributed by atoms with van der Waals surface area (Å²) in [4.78, 5) is 23.9. The molecule has 0 radical (unpaired) electrons. The van der Waals surface area contributed by atoms with Gasteiger partial charge in [-0.3, -0.25) is 9.10 Å². The van der Waals surface area contributed by atoms with Crippen LogP contribution in [0.3, 0.4) is 0 Å². The molecule has 0 fully saturated rings. The number of sulfonamides is 1. The Morgan fingerprint density at radius 2 is 1.75 bits per heavy atom. The number of hydrogen-bond acceptors (Lipinski definition) is 6. The maximum absolute atomic E-state index is 12.5. The monoisotopic (exact) mass is 403 g/mol. The molecule has 7 nitrogen and oxygen atoms in total. The van der Waals surface area contributed by atoms with Crippen LogP contribution >= 0.6 is 0 Å². The molecule has 1 atom stereocenters. The Labute approximate surface area is 163 Å². The normalized spacial score (nSPS) is 15.8. The number of esters is 1. The standard InChI is InChI=1S/C20H21NO6S/c1-13-10-16-11-15(6-9-18(16)21(13)28(3,24)25)19(22)12-27-17-7-4-14(5-8-17)20(23)26-2/h4-9,11,13H,10,12H2,1-3H3/t13-/m0/s1. The fraction of sp³-hybridized carbons (Fsp3) is 0.300. The highest BCUT2D eigenvalue weighted by Gasteiger charge is 2.32. The minimum Gasteiger partial charge on any atom is -0.485 e. The third-order valence-electron chi connectivity index (χ3n) is 4.56. The first-order valence-electron chi connectivity index (χ1n) is 8.67. The van der Waals surface area contributed by atoms with E-state index in [-0.39, 0.29) is 18.4 Å². The van der Waals surface area contributed by atoms with E-state index in [2.05, 4.69) is 4.74 Å². The second kappa shape index (κ2) is 7.63. The summed E-state index contributed by atoms with van der Waals surface area (Å²) in [5.41, 5.74) is 2.30. The molecule has 148 valence electrons. The summed E-state index contributed by atoms with van der Waals surface area (Å²) in [7, 11) is -2.06. The van der Waals surface area contributed by atoms with Crippen molar-refractivity contribution in [3.63, 3.8) is 0 Å². The Balaban J connectivity index is 1.69. The van der Waals surface area contributed by atoms with Crippen molar-refractivity contribution >= 4 is 27.5 Å². The van der Waals surface area contributed by atoms with E-state index in [1.807, 2.05) is 6.92 Å². The van der Waals surface area contributed by atoms with E-state index in [1.165, 1.54) is 17.7 Å². The van der Waals surface area contributed by atoms with Crippen molar-refractivity contribution in [3.05, 3.63) is 59.2 Å². The van der Waals surface area contributed by atoms with Crippen molar-refractivity contribution in [2.75, 3.05) is 24.3 Å². The number of anilines is 1. The molecule has 0 unspecified atom stereocenters. The Morgan fingerprint density at radius 3 is 2.36 bits per heavy atom. The topological polar surface area (TPSA) is 90.0 Å². The Hall–Kier alpha value is -2.87. The number of hydrogen-bond donors (Lipinski definition) is 0. The van der Waals surface area contributed by atoms with Crippen molar-refractivity contribution in [2.45, 2.75) is 19.4 Å². The maximum Gasteiger partial charge on any atom is 0.337 e. The molecule has 0 saturated heterocycles. The van der Waals surface area contributed by atoms with E-state index in [9.17, 15) is 18.0 Å². The lowest BCUT2D eigenvalue weighted by Gasteiger charge is -2.21. The van der Waals surface area contributed by atoms with Crippen molar-refractivity contribution in [2.24, 2.45) is 0 Å². The predicted octanol–water partition coefficient (Wildman–Crippen LogP) is 2.45. The number of rotatable bonds is 6. The van der Waals surface area contributed by atoms with Crippen LogP contribution in [0.5, 0.6) is 5.75 Å². The Bertz CT molecular complexity index is 1010. The van der Waals surface area contributed by atoms with Crippen LogP contribution in [0.1, 0.15) is 33.2 Å². The minimum absolute atomic E-state index is 0.165. The van der Waals surface area contributed by atoms with Gasteiger partial charge in [-0.1, -0.05) is 0 Å². The van der Waals surface area contributed by atoms with Gasteiger partial charge in [-0.25, -0.2) is 13.2 Å². The summed E-state index contributed by atoms with van der Waals surface area (Å²) >= 11 is 0. The molecule has 0 spiro atoms. The van der Waals surface area contributed by atoms with Crippen molar-refractivity contribution in [1.82, 2.24) is 0 Å². The average Bonchev–Trinajstić information content (AvgIpc) is 3.00. The second-order valence-corrected chi connectivity index (χ2v) is 8.54. The highest BCUT2D eigenvalue weighted by Crippen LogP contribution is 2.34. The molecule has 0 aromatic heterocycles. The molecule has 1 aliphatic heterocycles. The molecule has 2 aromatic carbocycles. The highest BCUT2D eigenvalue weighted by molar-refractivity contribution is 7.92. The smallest absolute Gasteiger partial charge is 0.337 e. The molecule has 8 heteroatoms. The number of nitrogens with zero attached hydrogens (tertiary/aromatic N) is 1. The summed E-state index contributed by atoms with van der Waals surface area (Å²) in [6.45, 7) is 1.67. The van der Waals surface area contributed by atoms with Crippen LogP contribution in [0.15, 0.2) is 42.5 Å². The molecule has 0 N–H and O–H groups in total. The van der Waals surface area contributed by atoms with Gasteiger partial charge in [0.25, 0.3) is 0 Å². The van der Waals surface area contributed by atoms with Gasteiger partial charge < -0.3 is 9.47 Å². The number of ketones is 1. The molecule has 1 heterocycles. The fourth-order valence-corrected chi connectivity index (χ4v) is 4.58. The number of ether oxygens (including phenoxy) is 2. The summed E-state index contributed by atoms with van der Waals surface area (Å²) < 4.78 is 35.5. The van der Waals surface area contributed by atoms with E-state index in [4.69, 9.17) is 4.74 Å². The van der Waals surface area contributed by atoms with Gasteiger partial charge in [0.1, 0.15) is 5.75 Å². The summed E-state index contributed by atoms with van der Waals surface area (Å²) in [5, 5.41) is 0. The first-order chi connectivity index (χ1) is 13.2. The van der Waals surface area contributed by atoms with Crippen LogP contribution in [-0.2, 0) is 21.2 Å². The van der Waals surface area contributed by atoms with Crippen molar-refractivity contribution in [3.8, 4) is 5.75 Å². The lowest BCUT2D eigenvalue weighted by Crippen LogP contribution is -2.34. The Kier molecular flexibility index (Phi) is 5.42. The largest absolute Gasteiger partial charge is 0.485 e. The molecule has 3 rings (SSSR count). The number of benzene rings is 2. The van der Waals surface area contributed by atoms with Crippen LogP contribution in [0, 0.1) is 0 Å². The van der Waals surface area contributed by atoms with E-state index < -0.39 is 16.0 Å². The summed E-state index contributed by atoms with van der Waals surface area (Å²) in [5.74, 6) is -0.206. The second-order valence-electron chi connectivity index (χ2n) is 6.68. The van der Waals surface area contributed by atoms with Crippen LogP contribution in [-0.4, -0.2) is 46.2 Å². The quantitative estimate of drug-likeness (QED) is 0.544. The van der Waals surface area contributed by atoms with Crippen LogP contribution in [0.2, 0.25) is 0 Å². The minimum atomic E-state index is -3.37. The lowest BCUT2D eigenvalue weighted by atomic mass is 10.0. The number of Topliss-reactive ketones (excluding diaryl/α,β-unsaturated/α-hetero) is 1. The molecule has 0 bridgehead atoms. The molecule has 2 aromatic rings. The fourth-order valence-electron chi connectivity index (χ4n) is 3.32. The molecular formula is C20H21NO6S. The highest BCUT2D eigenvalue weighted by atomic mass is 32.2. The zero-order valence-corrected chi connectivity index (χ0v) is 16.7. The maximum atomic E-state index is 12.5. The van der Waals surface area contributed by atoms with Crippen LogP contribution in [0.25, 0.3) is 0 Å². The summed E-state index contributed by atoms with van der Waals surface area (Å²) in [6.07, 6.45) is 1.73. The number of methoxy groups -OCH3 is 1. The third-order valence-corrected chi connectivity index (χ3v) is 5.83. The predicted molar refractivity (Wildman–Crippen MR) is 105 cm³/mol. The van der Waals surface area contributed by atoms with Gasteiger partial charge in [0.05, 0.1) is 24.6 Å². The first kappa shape index (κ1) is 19.9. The number of carbonyl (C=O) groups excluding carboxylic acids is 2. The molecule has 0 aliphatic carbocycles. The number of fused-ring (bicyclic) bond motifs is 1. The molecule has 1 aliphatic rings. The van der Waals surface area contributed by atoms with E-state index >= 15 is 0 Å². The van der Waals surface area contributed by atoms with Crippen molar-refractivity contribution < 1.29 is 27.5 Å². The van der Waals surface area contributed by atoms with Gasteiger partial charge in [-0.05, 0) is 61.4 Å². The zero-order valence-electron chi connectivity index (χ0n) is 15.8. The SMILES string of the molecule is COC(=O)c1ccc(OCC(=O)c2ccc3c(c2)C[C@H](C)N3S(C)(=O)=O)cc1. The zero-order chi connectivity index (χ0) is 20.5. The van der Waals surface area contributed by atoms with Crippen LogP contribution < -0.4 is 9.04 Å². The van der Waals surface area contributed by atoms with E-state index in [1.54, 1.807) is 42.5 Å². The average molecular weight is 403 g/mol. The van der Waals surface area contributed by atoms with Gasteiger partial charge in [-0.2, -0.15) is 0 Å². The van der Waals surface area contributed by atoms with Crippen molar-refractivity contribution in [1.29, 1.82) is 0 Å². The van der Waals surface area contributed by atoms with Gasteiger partial charge in [0, 0.05) is 11.6 Å². The number of carbonyl (C=O) groups is 2. The van der Waals surface area contributed by atoms with Gasteiger partial charge in [0.2, 0.25) is 10.0 Å². The van der Waals surface area contributed by atoms with Crippen LogP contribution in [0.4, 0.5) is 5.69 Å². The molecular weight excluding hydrogens is 382 g/mol. The van der Waals surface area contributed by atoms with Gasteiger partial charge >= 0.3 is 5.97 Å². The molecule has 0 saturated carbocycles. The molecule has 28 heavy (non-hydrogen) atoms. The van der Waals surface area contributed by atoms with E-state index in [0.29, 0.717) is 29.0 Å². The third kappa shape index (κ3) is 4.01. The van der Waals surface area contributed by atoms with Gasteiger partial charge in [0.15, 0.2) is 12.4 Å². The van der Waals surface area contributed by atoms with E-state index in [0.717, 1.165) is 5.56 Å². The summed E-state index contributed by atoms with van der Waals surface area (Å²) in [6, 6.07) is 11.1. The lowest BCUT2D eigenvalue weighted by molar-refractivity contribution is 0.0600. The molecule has 0 amide bonds. The van der Waals surface area contributed by atoms with Gasteiger partial charge in [-0.15, -0.1) is 0 Å². The Morgan fingerprint density at radius 1 is 1.11 bits per heavy atom.